The molecule has 1 aliphatic heterocycles. The van der Waals surface area contributed by atoms with Gasteiger partial charge in [-0.25, -0.2) is 17.9 Å². The molecule has 0 bridgehead atoms. The first-order valence-corrected chi connectivity index (χ1v) is 11.5. The van der Waals surface area contributed by atoms with Gasteiger partial charge < -0.3 is 19.7 Å². The summed E-state index contributed by atoms with van der Waals surface area (Å²) < 4.78 is 36.2. The van der Waals surface area contributed by atoms with Gasteiger partial charge in [0.2, 0.25) is 22.7 Å². The van der Waals surface area contributed by atoms with Crippen molar-refractivity contribution < 1.29 is 27.5 Å². The molecule has 172 valence electrons. The second kappa shape index (κ2) is 9.07. The van der Waals surface area contributed by atoms with E-state index in [1.807, 2.05) is 35.1 Å². The topological polar surface area (TPSA) is 114 Å². The third-order valence-corrected chi connectivity index (χ3v) is 7.06. The first-order valence-electron chi connectivity index (χ1n) is 10.0. The lowest BCUT2D eigenvalue weighted by Crippen LogP contribution is -2.54. The number of hydrogen-bond acceptors (Lipinski definition) is 6. The van der Waals surface area contributed by atoms with Gasteiger partial charge >= 0.3 is 6.03 Å². The third kappa shape index (κ3) is 5.31. The van der Waals surface area contributed by atoms with E-state index in [4.69, 9.17) is 9.47 Å². The number of ether oxygens (including phenoxy) is 2. The fourth-order valence-corrected chi connectivity index (χ4v) is 3.58. The van der Waals surface area contributed by atoms with E-state index in [9.17, 15) is 18.0 Å². The van der Waals surface area contributed by atoms with Gasteiger partial charge in [-0.15, -0.1) is 0 Å². The van der Waals surface area contributed by atoms with Crippen molar-refractivity contribution in [2.24, 2.45) is 0 Å². The maximum Gasteiger partial charge on any atom is 0.329 e. The Morgan fingerprint density at radius 1 is 1.06 bits per heavy atom. The molecule has 3 rings (SSSR count). The maximum atomic E-state index is 13.3. The van der Waals surface area contributed by atoms with E-state index in [-0.39, 0.29) is 13.2 Å². The number of sulfonamides is 1. The minimum Gasteiger partial charge on any atom is -0.454 e. The van der Waals surface area contributed by atoms with E-state index in [0.717, 1.165) is 5.56 Å². The first-order chi connectivity index (χ1) is 15.0. The van der Waals surface area contributed by atoms with Crippen LogP contribution < -0.4 is 24.4 Å². The van der Waals surface area contributed by atoms with E-state index in [1.54, 1.807) is 25.2 Å². The van der Waals surface area contributed by atoms with E-state index >= 15 is 0 Å². The van der Waals surface area contributed by atoms with Gasteiger partial charge in [0.1, 0.15) is 6.04 Å². The summed E-state index contributed by atoms with van der Waals surface area (Å²) in [5.74, 6) is 0.681. The van der Waals surface area contributed by atoms with Crippen molar-refractivity contribution >= 4 is 27.6 Å². The van der Waals surface area contributed by atoms with Crippen molar-refractivity contribution in [3.05, 3.63) is 54.1 Å². The average Bonchev–Trinajstić information content (AvgIpc) is 3.19. The highest BCUT2D eigenvalue weighted by Gasteiger charge is 2.33. The molecule has 9 nitrogen and oxygen atoms in total. The second-order valence-electron chi connectivity index (χ2n) is 8.37. The summed E-state index contributed by atoms with van der Waals surface area (Å²) in [7, 11) is -2.36. The summed E-state index contributed by atoms with van der Waals surface area (Å²) in [6, 6.07) is 12.2. The summed E-state index contributed by atoms with van der Waals surface area (Å²) >= 11 is 0. The number of urea groups is 1. The standard InChI is InChI=1S/C22H27N3O6S/c1-22(2,3)32(28,29)24-21(27)23-17(12-15-8-6-5-7-9-15)20(26)25(4)16-10-11-18-19(13-16)31-14-30-18/h5-11,13,17H,12,14H2,1-4H3,(H2,23,24,27)/t17-/m0/s1. The highest BCUT2D eigenvalue weighted by Crippen LogP contribution is 2.35. The van der Waals surface area contributed by atoms with Crippen molar-refractivity contribution in [1.82, 2.24) is 10.0 Å². The van der Waals surface area contributed by atoms with Gasteiger partial charge in [0, 0.05) is 25.2 Å². The van der Waals surface area contributed by atoms with Crippen LogP contribution >= 0.6 is 0 Å². The predicted octanol–water partition coefficient (Wildman–Crippen LogP) is 2.42. The van der Waals surface area contributed by atoms with E-state index in [1.165, 1.54) is 25.7 Å². The van der Waals surface area contributed by atoms with E-state index in [2.05, 4.69) is 5.32 Å². The maximum absolute atomic E-state index is 13.3. The summed E-state index contributed by atoms with van der Waals surface area (Å²) in [6.45, 7) is 4.53. The summed E-state index contributed by atoms with van der Waals surface area (Å²) in [5, 5.41) is 2.52. The van der Waals surface area contributed by atoms with Crippen LogP contribution in [-0.2, 0) is 21.2 Å². The summed E-state index contributed by atoms with van der Waals surface area (Å²) in [6.07, 6.45) is 0.178. The molecule has 0 radical (unpaired) electrons. The zero-order valence-electron chi connectivity index (χ0n) is 18.4. The highest BCUT2D eigenvalue weighted by atomic mass is 32.2. The fourth-order valence-electron chi connectivity index (χ4n) is 2.97. The number of nitrogens with one attached hydrogen (secondary N) is 2. The minimum absolute atomic E-state index is 0.108. The van der Waals surface area contributed by atoms with Gasteiger partial charge in [-0.05, 0) is 38.5 Å². The van der Waals surface area contributed by atoms with Crippen molar-refractivity contribution in [3.8, 4) is 11.5 Å². The number of hydrogen-bond donors (Lipinski definition) is 2. The van der Waals surface area contributed by atoms with Crippen LogP contribution in [0.5, 0.6) is 11.5 Å². The normalized spacial score (nSPS) is 13.9. The zero-order valence-corrected chi connectivity index (χ0v) is 19.2. The Morgan fingerprint density at radius 3 is 2.38 bits per heavy atom. The van der Waals surface area contributed by atoms with Crippen molar-refractivity contribution in [3.63, 3.8) is 0 Å². The molecule has 0 aromatic heterocycles. The minimum atomic E-state index is -3.94. The summed E-state index contributed by atoms with van der Waals surface area (Å²) in [5.41, 5.74) is 1.35. The van der Waals surface area contributed by atoms with Gasteiger partial charge in [0.25, 0.3) is 0 Å². The van der Waals surface area contributed by atoms with Crippen LogP contribution in [0.2, 0.25) is 0 Å². The molecule has 32 heavy (non-hydrogen) atoms. The Labute approximate surface area is 187 Å². The lowest BCUT2D eigenvalue weighted by atomic mass is 10.0. The van der Waals surface area contributed by atoms with Crippen molar-refractivity contribution in [2.75, 3.05) is 18.7 Å². The zero-order chi connectivity index (χ0) is 23.5. The van der Waals surface area contributed by atoms with Crippen LogP contribution in [0.1, 0.15) is 26.3 Å². The number of benzene rings is 2. The predicted molar refractivity (Wildman–Crippen MR) is 120 cm³/mol. The number of rotatable bonds is 6. The van der Waals surface area contributed by atoms with Gasteiger partial charge in [-0.2, -0.15) is 0 Å². The second-order valence-corrected chi connectivity index (χ2v) is 10.8. The van der Waals surface area contributed by atoms with Gasteiger partial charge in [-0.3, -0.25) is 4.79 Å². The number of nitrogens with zero attached hydrogens (tertiary/aromatic N) is 1. The first kappa shape index (κ1) is 23.4. The Hall–Kier alpha value is -3.27. The largest absolute Gasteiger partial charge is 0.454 e. The van der Waals surface area contributed by atoms with E-state index in [0.29, 0.717) is 17.2 Å². The lowest BCUT2D eigenvalue weighted by molar-refractivity contribution is -0.120. The smallest absolute Gasteiger partial charge is 0.329 e. The molecule has 1 aliphatic rings. The summed E-state index contributed by atoms with van der Waals surface area (Å²) in [4.78, 5) is 27.2. The van der Waals surface area contributed by atoms with Gasteiger partial charge in [0.15, 0.2) is 11.5 Å². The lowest BCUT2D eigenvalue weighted by Gasteiger charge is -2.26. The molecule has 2 N–H and O–H groups in total. The molecular formula is C22H27N3O6S. The number of amides is 3. The number of carbonyl (C=O) groups is 2. The van der Waals surface area contributed by atoms with Gasteiger partial charge in [0.05, 0.1) is 4.75 Å². The molecule has 2 aromatic rings. The number of likely N-dealkylation sites (N-methyl/N-ethyl adjacent to an activating group) is 1. The van der Waals surface area contributed by atoms with Gasteiger partial charge in [-0.1, -0.05) is 30.3 Å². The van der Waals surface area contributed by atoms with Crippen molar-refractivity contribution in [1.29, 1.82) is 0 Å². The van der Waals surface area contributed by atoms with Crippen LogP contribution in [0.15, 0.2) is 48.5 Å². The molecule has 0 spiro atoms. The Kier molecular flexibility index (Phi) is 6.63. The van der Waals surface area contributed by atoms with Crippen LogP contribution in [0.4, 0.5) is 10.5 Å². The highest BCUT2D eigenvalue weighted by molar-refractivity contribution is 7.91. The molecule has 0 aliphatic carbocycles. The third-order valence-electron chi connectivity index (χ3n) is 4.99. The molecule has 1 atom stereocenters. The van der Waals surface area contributed by atoms with Crippen LogP contribution in [0.3, 0.4) is 0 Å². The monoisotopic (exact) mass is 461 g/mol. The molecule has 1 heterocycles. The fraction of sp³-hybridized carbons (Fsp3) is 0.364. The quantitative estimate of drug-likeness (QED) is 0.683. The van der Waals surface area contributed by atoms with Crippen LogP contribution in [-0.4, -0.2) is 45.0 Å². The molecular weight excluding hydrogens is 434 g/mol. The SMILES string of the molecule is CN(C(=O)[C@H](Cc1ccccc1)NC(=O)NS(=O)(=O)C(C)(C)C)c1ccc2c(c1)OCO2. The Morgan fingerprint density at radius 2 is 1.72 bits per heavy atom. The van der Waals surface area contributed by atoms with Crippen molar-refractivity contribution in [2.45, 2.75) is 38.0 Å². The molecule has 2 aromatic carbocycles. The number of fused-ring (bicyclic) bond motifs is 1. The Bertz CT molecular complexity index is 1100. The number of anilines is 1. The molecule has 10 heteroatoms. The molecule has 3 amide bonds. The van der Waals surface area contributed by atoms with Crippen LogP contribution in [0, 0.1) is 0 Å². The molecule has 0 saturated carbocycles. The Balaban J connectivity index is 1.81. The van der Waals surface area contributed by atoms with E-state index < -0.39 is 32.8 Å². The molecule has 0 unspecified atom stereocenters. The molecule has 0 saturated heterocycles. The number of carbonyl (C=O) groups excluding carboxylic acids is 2. The molecule has 0 fully saturated rings. The average molecular weight is 462 g/mol. The van der Waals surface area contributed by atoms with Crippen LogP contribution in [0.25, 0.3) is 0 Å².